The number of para-hydroxylation sites is 1. The van der Waals surface area contributed by atoms with E-state index in [0.717, 1.165) is 55.6 Å². The summed E-state index contributed by atoms with van der Waals surface area (Å²) in [7, 11) is 0. The number of benzene rings is 1. The van der Waals surface area contributed by atoms with Gasteiger partial charge in [-0.3, -0.25) is 14.7 Å². The van der Waals surface area contributed by atoms with Crippen molar-refractivity contribution in [2.75, 3.05) is 32.7 Å². The molecule has 1 saturated heterocycles. The third kappa shape index (κ3) is 3.94. The molecule has 4 rings (SSSR count). The zero-order valence-electron chi connectivity index (χ0n) is 14.8. The van der Waals surface area contributed by atoms with E-state index in [1.165, 1.54) is 4.88 Å². The monoisotopic (exact) mass is 365 g/mol. The molecule has 1 aromatic carbocycles. The molecule has 3 aromatic rings. The molecule has 3 heterocycles. The van der Waals surface area contributed by atoms with E-state index in [9.17, 15) is 4.79 Å². The van der Waals surface area contributed by atoms with E-state index >= 15 is 0 Å². The standard InChI is InChI=1S/C21H23N3OS/c25-20(16-18-5-1-4-17-6-2-9-22-21(17)18)24-13-11-23(12-14-24)10-8-19-7-3-15-26-19/h1-7,9,15H,8,10-14,16H2. The molecule has 0 radical (unpaired) electrons. The number of piperazine rings is 1. The molecular formula is C21H23N3OS. The van der Waals surface area contributed by atoms with Gasteiger partial charge in [0.1, 0.15) is 0 Å². The minimum Gasteiger partial charge on any atom is -0.340 e. The van der Waals surface area contributed by atoms with Crippen LogP contribution in [-0.4, -0.2) is 53.4 Å². The van der Waals surface area contributed by atoms with Gasteiger partial charge in [-0.1, -0.05) is 30.3 Å². The van der Waals surface area contributed by atoms with Crippen molar-refractivity contribution in [3.8, 4) is 0 Å². The van der Waals surface area contributed by atoms with E-state index in [2.05, 4.69) is 27.4 Å². The zero-order valence-corrected chi connectivity index (χ0v) is 15.6. The van der Waals surface area contributed by atoms with Crippen LogP contribution >= 0.6 is 11.3 Å². The summed E-state index contributed by atoms with van der Waals surface area (Å²) in [6.07, 6.45) is 3.33. The fraction of sp³-hybridized carbons (Fsp3) is 0.333. The van der Waals surface area contributed by atoms with Crippen molar-refractivity contribution in [2.24, 2.45) is 0 Å². The number of nitrogens with zero attached hydrogens (tertiary/aromatic N) is 3. The molecule has 1 aliphatic heterocycles. The summed E-state index contributed by atoms with van der Waals surface area (Å²) >= 11 is 1.82. The maximum absolute atomic E-state index is 12.7. The van der Waals surface area contributed by atoms with Crippen molar-refractivity contribution >= 4 is 28.1 Å². The Morgan fingerprint density at radius 1 is 1.04 bits per heavy atom. The second kappa shape index (κ2) is 7.98. The molecule has 1 fully saturated rings. The Morgan fingerprint density at radius 2 is 1.88 bits per heavy atom. The number of hydrogen-bond donors (Lipinski definition) is 0. The van der Waals surface area contributed by atoms with Crippen LogP contribution in [0.2, 0.25) is 0 Å². The molecule has 0 saturated carbocycles. The molecule has 134 valence electrons. The van der Waals surface area contributed by atoms with Crippen LogP contribution in [0.3, 0.4) is 0 Å². The van der Waals surface area contributed by atoms with Crippen LogP contribution in [-0.2, 0) is 17.6 Å². The Hall–Kier alpha value is -2.24. The fourth-order valence-electron chi connectivity index (χ4n) is 3.53. The van der Waals surface area contributed by atoms with Crippen molar-refractivity contribution in [3.05, 3.63) is 64.5 Å². The molecular weight excluding hydrogens is 342 g/mol. The second-order valence-electron chi connectivity index (χ2n) is 6.72. The molecule has 4 nitrogen and oxygen atoms in total. The molecule has 1 aliphatic rings. The average Bonchev–Trinajstić information content (AvgIpc) is 3.21. The Balaban J connectivity index is 1.32. The molecule has 5 heteroatoms. The quantitative estimate of drug-likeness (QED) is 0.697. The Bertz CT molecular complexity index is 865. The number of carbonyl (C=O) groups excluding carboxylic acids is 1. The van der Waals surface area contributed by atoms with E-state index < -0.39 is 0 Å². The normalized spacial score (nSPS) is 15.5. The summed E-state index contributed by atoms with van der Waals surface area (Å²) < 4.78 is 0. The lowest BCUT2D eigenvalue weighted by Crippen LogP contribution is -2.49. The third-order valence-corrected chi connectivity index (χ3v) is 5.97. The Morgan fingerprint density at radius 3 is 2.69 bits per heavy atom. The topological polar surface area (TPSA) is 36.4 Å². The molecule has 0 atom stereocenters. The number of rotatable bonds is 5. The lowest BCUT2D eigenvalue weighted by atomic mass is 10.1. The lowest BCUT2D eigenvalue weighted by Gasteiger charge is -2.34. The van der Waals surface area contributed by atoms with E-state index in [-0.39, 0.29) is 5.91 Å². The highest BCUT2D eigenvalue weighted by atomic mass is 32.1. The van der Waals surface area contributed by atoms with E-state index in [1.54, 1.807) is 6.20 Å². The van der Waals surface area contributed by atoms with Gasteiger partial charge in [0, 0.05) is 49.2 Å². The number of thiophene rings is 1. The molecule has 0 bridgehead atoms. The van der Waals surface area contributed by atoms with Gasteiger partial charge in [-0.05, 0) is 29.5 Å². The number of pyridine rings is 1. The van der Waals surface area contributed by atoms with Crippen molar-refractivity contribution in [1.29, 1.82) is 0 Å². The number of aromatic nitrogens is 1. The van der Waals surface area contributed by atoms with Crippen LogP contribution in [0.25, 0.3) is 10.9 Å². The summed E-state index contributed by atoms with van der Waals surface area (Å²) in [6, 6.07) is 14.4. The smallest absolute Gasteiger partial charge is 0.227 e. The van der Waals surface area contributed by atoms with Crippen LogP contribution in [0, 0.1) is 0 Å². The maximum atomic E-state index is 12.7. The molecule has 26 heavy (non-hydrogen) atoms. The summed E-state index contributed by atoms with van der Waals surface area (Å²) in [4.78, 5) is 23.1. The molecule has 1 amide bonds. The van der Waals surface area contributed by atoms with Gasteiger partial charge in [0.15, 0.2) is 0 Å². The van der Waals surface area contributed by atoms with Crippen molar-refractivity contribution in [2.45, 2.75) is 12.8 Å². The number of amides is 1. The SMILES string of the molecule is O=C(Cc1cccc2cccnc12)N1CCN(CCc2cccs2)CC1. The number of fused-ring (bicyclic) bond motifs is 1. The largest absolute Gasteiger partial charge is 0.340 e. The number of carbonyl (C=O) groups is 1. The van der Waals surface area contributed by atoms with Crippen LogP contribution in [0.5, 0.6) is 0 Å². The first-order chi connectivity index (χ1) is 12.8. The third-order valence-electron chi connectivity index (χ3n) is 5.04. The predicted molar refractivity (Wildman–Crippen MR) is 106 cm³/mol. The summed E-state index contributed by atoms with van der Waals surface area (Å²) in [5.41, 5.74) is 1.96. The molecule has 0 N–H and O–H groups in total. The lowest BCUT2D eigenvalue weighted by molar-refractivity contribution is -0.132. The maximum Gasteiger partial charge on any atom is 0.227 e. The zero-order chi connectivity index (χ0) is 17.8. The van der Waals surface area contributed by atoms with Gasteiger partial charge in [0.25, 0.3) is 0 Å². The van der Waals surface area contributed by atoms with Crippen LogP contribution in [0.15, 0.2) is 54.0 Å². The van der Waals surface area contributed by atoms with E-state index in [0.29, 0.717) is 6.42 Å². The highest BCUT2D eigenvalue weighted by molar-refractivity contribution is 7.09. The average molecular weight is 366 g/mol. The summed E-state index contributed by atoms with van der Waals surface area (Å²) in [6.45, 7) is 4.65. The highest BCUT2D eigenvalue weighted by Gasteiger charge is 2.21. The van der Waals surface area contributed by atoms with Gasteiger partial charge in [0.2, 0.25) is 5.91 Å². The molecule has 2 aromatic heterocycles. The predicted octanol–water partition coefficient (Wildman–Crippen LogP) is 3.23. The van der Waals surface area contributed by atoms with Gasteiger partial charge in [0.05, 0.1) is 11.9 Å². The molecule has 0 unspecified atom stereocenters. The van der Waals surface area contributed by atoms with Gasteiger partial charge in [-0.2, -0.15) is 0 Å². The van der Waals surface area contributed by atoms with Crippen molar-refractivity contribution in [1.82, 2.24) is 14.8 Å². The first kappa shape index (κ1) is 17.2. The molecule has 0 spiro atoms. The van der Waals surface area contributed by atoms with E-state index in [1.807, 2.05) is 46.6 Å². The van der Waals surface area contributed by atoms with Crippen LogP contribution in [0.4, 0.5) is 0 Å². The first-order valence-electron chi connectivity index (χ1n) is 9.15. The second-order valence-corrected chi connectivity index (χ2v) is 7.75. The van der Waals surface area contributed by atoms with Gasteiger partial charge < -0.3 is 4.90 Å². The minimum atomic E-state index is 0.209. The summed E-state index contributed by atoms with van der Waals surface area (Å²) in [5.74, 6) is 0.209. The fourth-order valence-corrected chi connectivity index (χ4v) is 4.23. The Kier molecular flexibility index (Phi) is 5.27. The summed E-state index contributed by atoms with van der Waals surface area (Å²) in [5, 5.41) is 3.23. The highest BCUT2D eigenvalue weighted by Crippen LogP contribution is 2.18. The first-order valence-corrected chi connectivity index (χ1v) is 10.0. The Labute approximate surface area is 158 Å². The van der Waals surface area contributed by atoms with Gasteiger partial charge >= 0.3 is 0 Å². The van der Waals surface area contributed by atoms with Crippen LogP contribution in [0.1, 0.15) is 10.4 Å². The minimum absolute atomic E-state index is 0.209. The van der Waals surface area contributed by atoms with Crippen molar-refractivity contribution in [3.63, 3.8) is 0 Å². The van der Waals surface area contributed by atoms with Crippen LogP contribution < -0.4 is 0 Å². The van der Waals surface area contributed by atoms with Gasteiger partial charge in [-0.15, -0.1) is 11.3 Å². The van der Waals surface area contributed by atoms with Gasteiger partial charge in [-0.25, -0.2) is 0 Å². The molecule has 0 aliphatic carbocycles. The van der Waals surface area contributed by atoms with E-state index in [4.69, 9.17) is 0 Å². The van der Waals surface area contributed by atoms with Crippen molar-refractivity contribution < 1.29 is 4.79 Å². The number of hydrogen-bond acceptors (Lipinski definition) is 4.